The number of hydrogen-bond acceptors (Lipinski definition) is 0. The number of rotatable bonds is 5. The second-order valence-corrected chi connectivity index (χ2v) is 9.13. The van der Waals surface area contributed by atoms with Crippen molar-refractivity contribution in [2.24, 2.45) is 17.8 Å². The SMILES string of the molecule is CCCCC1CCC2CC(c3ccc(-c4cc(F)cc(F)c4)cc3)CCC2C1. The molecule has 28 heavy (non-hydrogen) atoms. The third-order valence-corrected chi connectivity index (χ3v) is 7.27. The molecule has 0 bridgehead atoms. The highest BCUT2D eigenvalue weighted by Gasteiger charge is 2.35. The minimum absolute atomic E-state index is 0.521. The Bertz CT molecular complexity index is 759. The summed E-state index contributed by atoms with van der Waals surface area (Å²) in [6.07, 6.45) is 12.4. The second-order valence-electron chi connectivity index (χ2n) is 9.13. The highest BCUT2D eigenvalue weighted by Crippen LogP contribution is 2.48. The lowest BCUT2D eigenvalue weighted by molar-refractivity contribution is 0.113. The van der Waals surface area contributed by atoms with Crippen molar-refractivity contribution < 1.29 is 8.78 Å². The molecular formula is C26H32F2. The summed E-state index contributed by atoms with van der Waals surface area (Å²) < 4.78 is 27.0. The zero-order valence-electron chi connectivity index (χ0n) is 17.0. The van der Waals surface area contributed by atoms with Crippen LogP contribution in [0.2, 0.25) is 0 Å². The van der Waals surface area contributed by atoms with Crippen LogP contribution in [0.25, 0.3) is 11.1 Å². The number of benzene rings is 2. The van der Waals surface area contributed by atoms with E-state index in [1.165, 1.54) is 75.5 Å². The van der Waals surface area contributed by atoms with Crippen LogP contribution in [0.3, 0.4) is 0 Å². The third-order valence-electron chi connectivity index (χ3n) is 7.27. The molecule has 2 aliphatic carbocycles. The molecule has 2 aromatic rings. The van der Waals surface area contributed by atoms with E-state index >= 15 is 0 Å². The van der Waals surface area contributed by atoms with Crippen LogP contribution in [0.15, 0.2) is 42.5 Å². The molecule has 2 heteroatoms. The van der Waals surface area contributed by atoms with E-state index in [1.807, 2.05) is 12.1 Å². The first-order valence-corrected chi connectivity index (χ1v) is 11.2. The summed E-state index contributed by atoms with van der Waals surface area (Å²) in [5.41, 5.74) is 2.89. The third kappa shape index (κ3) is 4.47. The van der Waals surface area contributed by atoms with Crippen molar-refractivity contribution in [3.05, 3.63) is 59.7 Å². The smallest absolute Gasteiger partial charge is 0.126 e. The molecular weight excluding hydrogens is 350 g/mol. The molecule has 4 atom stereocenters. The van der Waals surface area contributed by atoms with Gasteiger partial charge in [0.05, 0.1) is 0 Å². The molecule has 0 N–H and O–H groups in total. The summed E-state index contributed by atoms with van der Waals surface area (Å²) >= 11 is 0. The normalized spacial score (nSPS) is 27.4. The van der Waals surface area contributed by atoms with Crippen LogP contribution in [-0.4, -0.2) is 0 Å². The van der Waals surface area contributed by atoms with Crippen LogP contribution >= 0.6 is 0 Å². The maximum absolute atomic E-state index is 13.5. The first-order valence-electron chi connectivity index (χ1n) is 11.2. The van der Waals surface area contributed by atoms with Gasteiger partial charge in [0.1, 0.15) is 11.6 Å². The monoisotopic (exact) mass is 382 g/mol. The van der Waals surface area contributed by atoms with Gasteiger partial charge < -0.3 is 0 Å². The van der Waals surface area contributed by atoms with Gasteiger partial charge >= 0.3 is 0 Å². The summed E-state index contributed by atoms with van der Waals surface area (Å²) in [5, 5.41) is 0. The lowest BCUT2D eigenvalue weighted by atomic mass is 9.63. The molecule has 0 spiro atoms. The lowest BCUT2D eigenvalue weighted by Gasteiger charge is -2.42. The fraction of sp³-hybridized carbons (Fsp3) is 0.538. The Hall–Kier alpha value is -1.70. The van der Waals surface area contributed by atoms with Crippen molar-refractivity contribution in [3.8, 4) is 11.1 Å². The zero-order valence-corrected chi connectivity index (χ0v) is 17.0. The van der Waals surface area contributed by atoms with Gasteiger partial charge in [0.2, 0.25) is 0 Å². The Balaban J connectivity index is 1.39. The molecule has 2 aromatic carbocycles. The summed E-state index contributed by atoms with van der Waals surface area (Å²) in [6.45, 7) is 2.30. The molecule has 150 valence electrons. The molecule has 0 aromatic heterocycles. The standard InChI is InChI=1S/C26H32F2/c1-2-3-4-18-5-6-23-14-22(12-11-21(23)13-18)19-7-9-20(10-8-19)24-15-25(27)17-26(28)16-24/h7-10,15-18,21-23H,2-6,11-14H2,1H3. The topological polar surface area (TPSA) is 0 Å². The van der Waals surface area contributed by atoms with Crippen molar-refractivity contribution in [1.29, 1.82) is 0 Å². The number of halogens is 2. The van der Waals surface area contributed by atoms with Crippen molar-refractivity contribution in [1.82, 2.24) is 0 Å². The number of fused-ring (bicyclic) bond motifs is 1. The Labute approximate surface area is 168 Å². The van der Waals surface area contributed by atoms with Crippen LogP contribution in [0, 0.1) is 29.4 Å². The molecule has 0 saturated heterocycles. The van der Waals surface area contributed by atoms with E-state index in [2.05, 4.69) is 19.1 Å². The number of unbranched alkanes of at least 4 members (excludes halogenated alkanes) is 1. The first-order chi connectivity index (χ1) is 13.6. The predicted molar refractivity (Wildman–Crippen MR) is 112 cm³/mol. The summed E-state index contributed by atoms with van der Waals surface area (Å²) in [5.74, 6) is 2.42. The van der Waals surface area contributed by atoms with Gasteiger partial charge in [-0.3, -0.25) is 0 Å². The van der Waals surface area contributed by atoms with Crippen molar-refractivity contribution >= 4 is 0 Å². The zero-order chi connectivity index (χ0) is 19.5. The Morgan fingerprint density at radius 2 is 1.46 bits per heavy atom. The van der Waals surface area contributed by atoms with Gasteiger partial charge in [-0.05, 0) is 84.6 Å². The molecule has 2 aliphatic rings. The summed E-state index contributed by atoms with van der Waals surface area (Å²) in [4.78, 5) is 0. The molecule has 2 saturated carbocycles. The van der Waals surface area contributed by atoms with E-state index in [9.17, 15) is 8.78 Å². The molecule has 4 rings (SSSR count). The Morgan fingerprint density at radius 3 is 2.18 bits per heavy atom. The molecule has 4 unspecified atom stereocenters. The quantitative estimate of drug-likeness (QED) is 0.490. The van der Waals surface area contributed by atoms with Crippen molar-refractivity contribution in [3.63, 3.8) is 0 Å². The highest BCUT2D eigenvalue weighted by atomic mass is 19.1. The van der Waals surface area contributed by atoms with Crippen LogP contribution in [0.4, 0.5) is 8.78 Å². The molecule has 2 fully saturated rings. The first kappa shape index (κ1) is 19.6. The average Bonchev–Trinajstić information content (AvgIpc) is 2.71. The van der Waals surface area contributed by atoms with Gasteiger partial charge in [0, 0.05) is 6.07 Å². The summed E-state index contributed by atoms with van der Waals surface area (Å²) in [6, 6.07) is 12.1. The van der Waals surface area contributed by atoms with Gasteiger partial charge in [-0.2, -0.15) is 0 Å². The second kappa shape index (κ2) is 8.76. The van der Waals surface area contributed by atoms with Crippen LogP contribution in [0.5, 0.6) is 0 Å². The van der Waals surface area contributed by atoms with E-state index in [4.69, 9.17) is 0 Å². The summed E-state index contributed by atoms with van der Waals surface area (Å²) in [7, 11) is 0. The van der Waals surface area contributed by atoms with E-state index in [0.29, 0.717) is 11.5 Å². The maximum Gasteiger partial charge on any atom is 0.126 e. The van der Waals surface area contributed by atoms with Gasteiger partial charge in [-0.1, -0.05) is 56.9 Å². The molecule has 0 amide bonds. The highest BCUT2D eigenvalue weighted by molar-refractivity contribution is 5.63. The van der Waals surface area contributed by atoms with Gasteiger partial charge in [0.15, 0.2) is 0 Å². The lowest BCUT2D eigenvalue weighted by Crippen LogP contribution is -2.30. The van der Waals surface area contributed by atoms with Crippen LogP contribution < -0.4 is 0 Å². The van der Waals surface area contributed by atoms with Gasteiger partial charge in [-0.15, -0.1) is 0 Å². The van der Waals surface area contributed by atoms with Crippen LogP contribution in [-0.2, 0) is 0 Å². The van der Waals surface area contributed by atoms with Crippen LogP contribution in [0.1, 0.15) is 76.2 Å². The average molecular weight is 383 g/mol. The number of hydrogen-bond donors (Lipinski definition) is 0. The molecule has 0 radical (unpaired) electrons. The van der Waals surface area contributed by atoms with Crippen molar-refractivity contribution in [2.45, 2.75) is 70.6 Å². The van der Waals surface area contributed by atoms with Gasteiger partial charge in [0.25, 0.3) is 0 Å². The maximum atomic E-state index is 13.5. The van der Waals surface area contributed by atoms with E-state index in [-0.39, 0.29) is 0 Å². The minimum Gasteiger partial charge on any atom is -0.207 e. The Kier molecular flexibility index (Phi) is 6.13. The van der Waals surface area contributed by atoms with Gasteiger partial charge in [-0.25, -0.2) is 8.78 Å². The Morgan fingerprint density at radius 1 is 0.786 bits per heavy atom. The molecule has 0 heterocycles. The minimum atomic E-state index is -0.521. The fourth-order valence-corrected chi connectivity index (χ4v) is 5.71. The fourth-order valence-electron chi connectivity index (χ4n) is 5.71. The molecule has 0 aliphatic heterocycles. The largest absolute Gasteiger partial charge is 0.207 e. The van der Waals surface area contributed by atoms with E-state index in [1.54, 1.807) is 0 Å². The van der Waals surface area contributed by atoms with E-state index in [0.717, 1.165) is 29.4 Å². The van der Waals surface area contributed by atoms with Crippen molar-refractivity contribution in [2.75, 3.05) is 0 Å². The molecule has 0 nitrogen and oxygen atoms in total. The van der Waals surface area contributed by atoms with E-state index < -0.39 is 11.6 Å². The predicted octanol–water partition coefficient (Wildman–Crippen LogP) is 8.12.